The number of aliphatic hydroxyl groups is 1. The molecular weight excluding hydrogens is 218 g/mol. The van der Waals surface area contributed by atoms with E-state index in [9.17, 15) is 5.11 Å². The van der Waals surface area contributed by atoms with Gasteiger partial charge in [-0.25, -0.2) is 0 Å². The molecule has 0 amide bonds. The quantitative estimate of drug-likeness (QED) is 0.482. The summed E-state index contributed by atoms with van der Waals surface area (Å²) in [5, 5.41) is 9.90. The molecule has 0 unspecified atom stereocenters. The number of likely N-dealkylation sites (tertiary alicyclic amines) is 1. The minimum Gasteiger partial charge on any atom is -0.507 e. The van der Waals surface area contributed by atoms with E-state index in [1.54, 1.807) is 6.08 Å². The van der Waals surface area contributed by atoms with Crippen molar-refractivity contribution in [3.8, 4) is 0 Å². The van der Waals surface area contributed by atoms with Gasteiger partial charge in [0.1, 0.15) is 10.7 Å². The molecule has 1 fully saturated rings. The molecular formula is C13H15NOS. The summed E-state index contributed by atoms with van der Waals surface area (Å²) in [5.41, 5.74) is 0.809. The number of aliphatic hydroxyl groups excluding tert-OH is 1. The molecule has 1 aliphatic rings. The van der Waals surface area contributed by atoms with Crippen LogP contribution in [-0.4, -0.2) is 28.1 Å². The summed E-state index contributed by atoms with van der Waals surface area (Å²) < 4.78 is 0. The van der Waals surface area contributed by atoms with Gasteiger partial charge in [0.05, 0.1) is 0 Å². The van der Waals surface area contributed by atoms with Crippen LogP contribution in [0.25, 0.3) is 5.76 Å². The number of hydrogen-bond donors (Lipinski definition) is 1. The Hall–Kier alpha value is -1.35. The third-order valence-electron chi connectivity index (χ3n) is 2.75. The first-order valence-electron chi connectivity index (χ1n) is 5.52. The summed E-state index contributed by atoms with van der Waals surface area (Å²) in [6.07, 6.45) is 4.07. The fourth-order valence-corrected chi connectivity index (χ4v) is 2.13. The Morgan fingerprint density at radius 1 is 1.19 bits per heavy atom. The van der Waals surface area contributed by atoms with Gasteiger partial charge in [-0.2, -0.15) is 0 Å². The van der Waals surface area contributed by atoms with E-state index < -0.39 is 0 Å². The summed E-state index contributed by atoms with van der Waals surface area (Å²) in [7, 11) is 0. The van der Waals surface area contributed by atoms with Crippen molar-refractivity contribution in [3.05, 3.63) is 42.0 Å². The van der Waals surface area contributed by atoms with Gasteiger partial charge in [0, 0.05) is 24.7 Å². The number of thiocarbonyl (C=S) groups is 1. The first kappa shape index (κ1) is 11.1. The van der Waals surface area contributed by atoms with Crippen LogP contribution in [0.3, 0.4) is 0 Å². The monoisotopic (exact) mass is 233 g/mol. The van der Waals surface area contributed by atoms with Crippen LogP contribution in [0.4, 0.5) is 0 Å². The SMILES string of the molecule is O/C(=C\C(=S)N1CCCC1)c1ccccc1. The van der Waals surface area contributed by atoms with Crippen molar-refractivity contribution in [2.45, 2.75) is 12.8 Å². The highest BCUT2D eigenvalue weighted by atomic mass is 32.1. The maximum atomic E-state index is 9.90. The third kappa shape index (κ3) is 2.61. The van der Waals surface area contributed by atoms with E-state index in [-0.39, 0.29) is 5.76 Å². The van der Waals surface area contributed by atoms with E-state index in [4.69, 9.17) is 12.2 Å². The minimum absolute atomic E-state index is 0.248. The normalized spacial score (nSPS) is 16.5. The van der Waals surface area contributed by atoms with Gasteiger partial charge < -0.3 is 10.0 Å². The number of nitrogens with zero attached hydrogens (tertiary/aromatic N) is 1. The molecule has 3 heteroatoms. The van der Waals surface area contributed by atoms with Crippen molar-refractivity contribution >= 4 is 23.0 Å². The van der Waals surface area contributed by atoms with Crippen molar-refractivity contribution in [3.63, 3.8) is 0 Å². The second kappa shape index (κ2) is 5.12. The maximum absolute atomic E-state index is 9.90. The first-order valence-corrected chi connectivity index (χ1v) is 5.93. The molecule has 16 heavy (non-hydrogen) atoms. The van der Waals surface area contributed by atoms with E-state index in [2.05, 4.69) is 4.90 Å². The fourth-order valence-electron chi connectivity index (χ4n) is 1.84. The molecule has 1 heterocycles. The van der Waals surface area contributed by atoms with E-state index >= 15 is 0 Å². The molecule has 1 aromatic carbocycles. The second-order valence-corrected chi connectivity index (χ2v) is 4.35. The molecule has 1 N–H and O–H groups in total. The molecule has 84 valence electrons. The van der Waals surface area contributed by atoms with Gasteiger partial charge in [-0.3, -0.25) is 0 Å². The molecule has 0 bridgehead atoms. The van der Waals surface area contributed by atoms with Crippen LogP contribution in [0.15, 0.2) is 36.4 Å². The van der Waals surface area contributed by atoms with Crippen LogP contribution in [0.2, 0.25) is 0 Å². The predicted octanol–water partition coefficient (Wildman–Crippen LogP) is 3.01. The van der Waals surface area contributed by atoms with Gasteiger partial charge in [0.25, 0.3) is 0 Å². The van der Waals surface area contributed by atoms with Crippen LogP contribution in [0.1, 0.15) is 18.4 Å². The summed E-state index contributed by atoms with van der Waals surface area (Å²) in [5.74, 6) is 0.248. The zero-order chi connectivity index (χ0) is 11.4. The van der Waals surface area contributed by atoms with E-state index in [1.165, 1.54) is 12.8 Å². The molecule has 0 spiro atoms. The van der Waals surface area contributed by atoms with Gasteiger partial charge in [0.2, 0.25) is 0 Å². The molecule has 1 aromatic rings. The Morgan fingerprint density at radius 2 is 1.81 bits per heavy atom. The lowest BCUT2D eigenvalue weighted by Crippen LogP contribution is -2.24. The standard InChI is InChI=1S/C13H15NOS/c15-12(11-6-2-1-3-7-11)10-13(16)14-8-4-5-9-14/h1-3,6-7,10,15H,4-5,8-9H2/b12-10-. The van der Waals surface area contributed by atoms with Crippen molar-refractivity contribution in [1.29, 1.82) is 0 Å². The Kier molecular flexibility index (Phi) is 3.57. The van der Waals surface area contributed by atoms with Crippen LogP contribution in [0, 0.1) is 0 Å². The highest BCUT2D eigenvalue weighted by Gasteiger charge is 2.13. The van der Waals surface area contributed by atoms with Gasteiger partial charge in [-0.1, -0.05) is 42.5 Å². The molecule has 2 nitrogen and oxygen atoms in total. The highest BCUT2D eigenvalue weighted by Crippen LogP contribution is 2.14. The summed E-state index contributed by atoms with van der Waals surface area (Å²) in [6, 6.07) is 9.48. The zero-order valence-electron chi connectivity index (χ0n) is 9.10. The van der Waals surface area contributed by atoms with E-state index in [0.717, 1.165) is 23.6 Å². The number of hydrogen-bond acceptors (Lipinski definition) is 2. The Labute approximate surface area is 101 Å². The largest absolute Gasteiger partial charge is 0.507 e. The first-order chi connectivity index (χ1) is 7.77. The molecule has 0 aromatic heterocycles. The predicted molar refractivity (Wildman–Crippen MR) is 70.5 cm³/mol. The number of benzene rings is 1. The third-order valence-corrected chi connectivity index (χ3v) is 3.12. The lowest BCUT2D eigenvalue weighted by atomic mass is 10.2. The minimum atomic E-state index is 0.248. The maximum Gasteiger partial charge on any atom is 0.125 e. The lowest BCUT2D eigenvalue weighted by Gasteiger charge is -2.15. The fraction of sp³-hybridized carbons (Fsp3) is 0.308. The summed E-state index contributed by atoms with van der Waals surface area (Å²) in [6.45, 7) is 2.02. The van der Waals surface area contributed by atoms with Gasteiger partial charge in [0.15, 0.2) is 0 Å². The van der Waals surface area contributed by atoms with Gasteiger partial charge in [-0.15, -0.1) is 0 Å². The molecule has 1 aliphatic heterocycles. The smallest absolute Gasteiger partial charge is 0.125 e. The van der Waals surface area contributed by atoms with E-state index in [0.29, 0.717) is 0 Å². The molecule has 2 rings (SSSR count). The van der Waals surface area contributed by atoms with Gasteiger partial charge in [-0.05, 0) is 12.8 Å². The lowest BCUT2D eigenvalue weighted by molar-refractivity contribution is 0.506. The zero-order valence-corrected chi connectivity index (χ0v) is 9.91. The average Bonchev–Trinajstić information content (AvgIpc) is 2.83. The Bertz CT molecular complexity index is 394. The van der Waals surface area contributed by atoms with Crippen LogP contribution in [-0.2, 0) is 0 Å². The van der Waals surface area contributed by atoms with Crippen molar-refractivity contribution in [2.24, 2.45) is 0 Å². The molecule has 0 aliphatic carbocycles. The van der Waals surface area contributed by atoms with Crippen molar-refractivity contribution in [1.82, 2.24) is 4.90 Å². The van der Waals surface area contributed by atoms with Crippen LogP contribution >= 0.6 is 12.2 Å². The summed E-state index contributed by atoms with van der Waals surface area (Å²) in [4.78, 5) is 2.87. The Morgan fingerprint density at radius 3 is 2.44 bits per heavy atom. The molecule has 0 atom stereocenters. The van der Waals surface area contributed by atoms with Crippen LogP contribution in [0.5, 0.6) is 0 Å². The van der Waals surface area contributed by atoms with Crippen molar-refractivity contribution < 1.29 is 5.11 Å². The molecule has 0 radical (unpaired) electrons. The second-order valence-electron chi connectivity index (χ2n) is 3.93. The van der Waals surface area contributed by atoms with Crippen molar-refractivity contribution in [2.75, 3.05) is 13.1 Å². The number of rotatable bonds is 2. The highest BCUT2D eigenvalue weighted by molar-refractivity contribution is 7.80. The van der Waals surface area contributed by atoms with Gasteiger partial charge >= 0.3 is 0 Å². The van der Waals surface area contributed by atoms with Crippen LogP contribution < -0.4 is 0 Å². The van der Waals surface area contributed by atoms with E-state index in [1.807, 2.05) is 30.3 Å². The Balaban J connectivity index is 2.09. The molecule has 0 saturated carbocycles. The summed E-state index contributed by atoms with van der Waals surface area (Å²) >= 11 is 5.28. The average molecular weight is 233 g/mol. The topological polar surface area (TPSA) is 23.5 Å². The molecule has 1 saturated heterocycles.